The zero-order valence-electron chi connectivity index (χ0n) is 26.3. The molecule has 0 aromatic rings. The smallest absolute Gasteiger partial charge is 0.222 e. The lowest BCUT2D eigenvalue weighted by Gasteiger charge is -2.40. The van der Waals surface area contributed by atoms with Crippen LogP contribution in [0.2, 0.25) is 0 Å². The zero-order chi connectivity index (χ0) is 33.9. The zero-order valence-corrected chi connectivity index (χ0v) is 26.3. The molecule has 10 atom stereocenters. The topological polar surface area (TPSA) is 238 Å². The minimum Gasteiger partial charge on any atom is -0.394 e. The molecule has 10 N–H and O–H groups in total. The minimum absolute atomic E-state index is 0.232. The summed E-state index contributed by atoms with van der Waals surface area (Å²) in [6.07, 6.45) is -2.77. The average Bonchev–Trinajstić information content (AvgIpc) is 3.04. The first-order chi connectivity index (χ1) is 22.1. The van der Waals surface area contributed by atoms with Crippen molar-refractivity contribution in [3.63, 3.8) is 0 Å². The second-order valence-electron chi connectivity index (χ2n) is 11.8. The van der Waals surface area contributed by atoms with Crippen molar-refractivity contribution in [2.45, 2.75) is 151 Å². The lowest BCUT2D eigenvalue weighted by molar-refractivity contribution is -0.236. The van der Waals surface area contributed by atoms with Gasteiger partial charge in [-0.1, -0.05) is 50.4 Å². The normalized spacial score (nSPS) is 30.8. The highest BCUT2D eigenvalue weighted by Crippen LogP contribution is 2.21. The summed E-state index contributed by atoms with van der Waals surface area (Å²) in [6.45, 7) is -1.10. The second kappa shape index (κ2) is 22.3. The number of unbranched alkanes of at least 4 members (excludes halogenated alkanes) is 10. The fourth-order valence-electron chi connectivity index (χ4n) is 5.18. The Kier molecular flexibility index (Phi) is 19.3. The SMILES string of the molecule is O=C(CCCCCCCC#CC#CCCCCCCCC(=O)N[C@@H]1O[C@H](CO)[C@@H](O)[C@H](O)[C@H]1O)N[C@@H]1O[C@H](CO)[C@@H](O)[C@H](O)[C@H]1O. The Hall–Kier alpha value is -2.34. The van der Waals surface area contributed by atoms with Gasteiger partial charge in [-0.3, -0.25) is 9.59 Å². The summed E-state index contributed by atoms with van der Waals surface area (Å²) >= 11 is 0. The number of aliphatic hydroxyl groups is 8. The number of hydrogen-bond donors (Lipinski definition) is 10. The maximum absolute atomic E-state index is 12.1. The van der Waals surface area contributed by atoms with Crippen molar-refractivity contribution in [1.82, 2.24) is 10.6 Å². The van der Waals surface area contributed by atoms with E-state index in [2.05, 4.69) is 34.3 Å². The minimum atomic E-state index is -1.53. The van der Waals surface area contributed by atoms with Gasteiger partial charge in [0.05, 0.1) is 13.2 Å². The number of amides is 2. The Labute approximate surface area is 270 Å². The first kappa shape index (κ1) is 39.8. The summed E-state index contributed by atoms with van der Waals surface area (Å²) in [7, 11) is 0. The van der Waals surface area contributed by atoms with Crippen molar-refractivity contribution in [2.24, 2.45) is 0 Å². The number of hydrogen-bond acceptors (Lipinski definition) is 12. The molecule has 2 aliphatic rings. The molecule has 2 rings (SSSR count). The quantitative estimate of drug-likeness (QED) is 0.0586. The van der Waals surface area contributed by atoms with Gasteiger partial charge in [-0.2, -0.15) is 0 Å². The van der Waals surface area contributed by atoms with Crippen LogP contribution >= 0.6 is 0 Å². The fourth-order valence-corrected chi connectivity index (χ4v) is 5.18. The van der Waals surface area contributed by atoms with E-state index < -0.39 is 74.5 Å². The van der Waals surface area contributed by atoms with E-state index >= 15 is 0 Å². The first-order valence-corrected chi connectivity index (χ1v) is 16.3. The molecule has 14 nitrogen and oxygen atoms in total. The molecule has 0 saturated carbocycles. The molecule has 2 fully saturated rings. The number of rotatable bonds is 18. The Balaban J connectivity index is 1.41. The van der Waals surface area contributed by atoms with Crippen LogP contribution in [-0.2, 0) is 19.1 Å². The Morgan fingerprint density at radius 2 is 0.848 bits per heavy atom. The molecule has 0 unspecified atom stereocenters. The molecule has 2 aliphatic heterocycles. The maximum atomic E-state index is 12.1. The van der Waals surface area contributed by atoms with E-state index in [9.17, 15) is 50.4 Å². The number of carbonyl (C=O) groups is 2. The summed E-state index contributed by atoms with van der Waals surface area (Å²) in [4.78, 5) is 24.3. The van der Waals surface area contributed by atoms with Crippen LogP contribution in [0, 0.1) is 23.7 Å². The lowest BCUT2D eigenvalue weighted by Crippen LogP contribution is -2.63. The van der Waals surface area contributed by atoms with Gasteiger partial charge in [0.15, 0.2) is 12.5 Å². The number of nitrogens with one attached hydrogen (secondary N) is 2. The molecule has 2 saturated heterocycles. The van der Waals surface area contributed by atoms with Crippen LogP contribution in [0.4, 0.5) is 0 Å². The molecular weight excluding hydrogens is 604 g/mol. The van der Waals surface area contributed by atoms with Crippen molar-refractivity contribution in [2.75, 3.05) is 13.2 Å². The molecule has 0 bridgehead atoms. The van der Waals surface area contributed by atoms with Crippen molar-refractivity contribution in [3.8, 4) is 23.7 Å². The van der Waals surface area contributed by atoms with E-state index in [0.29, 0.717) is 12.8 Å². The summed E-state index contributed by atoms with van der Waals surface area (Å²) in [5.74, 6) is 11.1. The van der Waals surface area contributed by atoms with Crippen LogP contribution in [0.15, 0.2) is 0 Å². The monoisotopic (exact) mass is 656 g/mol. The highest BCUT2D eigenvalue weighted by atomic mass is 16.6. The molecule has 2 heterocycles. The standard InChI is InChI=1S/C32H52N2O12/c35-19-21-25(39)27(41)29(43)31(45-21)33-23(37)17-15-13-11-9-7-5-3-1-2-4-6-8-10-12-14-16-18-24(38)34-32-30(44)28(42)26(40)22(20-36)46-32/h21-22,25-32,35-36,39-44H,5-20H2,(H,33,37)(H,34,38)/t21-,22-,25-,26-,27+,28+,29-,30-,31-,32-/m1/s1. The third-order valence-electron chi connectivity index (χ3n) is 8.04. The second-order valence-corrected chi connectivity index (χ2v) is 11.8. The van der Waals surface area contributed by atoms with Crippen LogP contribution in [0.1, 0.15) is 89.9 Å². The number of ether oxygens (including phenoxy) is 2. The van der Waals surface area contributed by atoms with E-state index in [-0.39, 0.29) is 24.7 Å². The van der Waals surface area contributed by atoms with Crippen molar-refractivity contribution in [1.29, 1.82) is 0 Å². The highest BCUT2D eigenvalue weighted by molar-refractivity contribution is 5.76. The molecule has 0 aromatic carbocycles. The van der Waals surface area contributed by atoms with Gasteiger partial charge < -0.3 is 61.0 Å². The third-order valence-corrected chi connectivity index (χ3v) is 8.04. The molecule has 0 spiro atoms. The number of carbonyl (C=O) groups excluding carboxylic acids is 2. The Bertz CT molecular complexity index is 940. The summed E-state index contributed by atoms with van der Waals surface area (Å²) in [6, 6.07) is 0. The largest absolute Gasteiger partial charge is 0.394 e. The third kappa shape index (κ3) is 13.8. The predicted octanol–water partition coefficient (Wildman–Crippen LogP) is -1.71. The van der Waals surface area contributed by atoms with Gasteiger partial charge >= 0.3 is 0 Å². The van der Waals surface area contributed by atoms with Gasteiger partial charge in [-0.15, -0.1) is 0 Å². The molecular formula is C32H52N2O12. The van der Waals surface area contributed by atoms with E-state index in [0.717, 1.165) is 64.2 Å². The summed E-state index contributed by atoms with van der Waals surface area (Å²) in [5, 5.41) is 82.6. The number of aliphatic hydroxyl groups excluding tert-OH is 8. The van der Waals surface area contributed by atoms with Gasteiger partial charge in [0.25, 0.3) is 0 Å². The van der Waals surface area contributed by atoms with Crippen LogP contribution in [0.5, 0.6) is 0 Å². The van der Waals surface area contributed by atoms with Gasteiger partial charge in [0.1, 0.15) is 48.8 Å². The Morgan fingerprint density at radius 3 is 1.22 bits per heavy atom. The summed E-state index contributed by atoms with van der Waals surface area (Å²) in [5.41, 5.74) is 0. The molecule has 0 radical (unpaired) electrons. The fraction of sp³-hybridized carbons (Fsp3) is 0.812. The van der Waals surface area contributed by atoms with Crippen LogP contribution in [0.3, 0.4) is 0 Å². The summed E-state index contributed by atoms with van der Waals surface area (Å²) < 4.78 is 10.6. The Morgan fingerprint density at radius 1 is 0.500 bits per heavy atom. The van der Waals surface area contributed by atoms with Gasteiger partial charge in [-0.05, 0) is 37.5 Å². The van der Waals surface area contributed by atoms with Gasteiger partial charge in [-0.25, -0.2) is 0 Å². The van der Waals surface area contributed by atoms with E-state index in [1.165, 1.54) is 0 Å². The highest BCUT2D eigenvalue weighted by Gasteiger charge is 2.45. The van der Waals surface area contributed by atoms with Crippen molar-refractivity contribution < 1.29 is 59.9 Å². The van der Waals surface area contributed by atoms with Crippen molar-refractivity contribution >= 4 is 11.8 Å². The van der Waals surface area contributed by atoms with Crippen molar-refractivity contribution in [3.05, 3.63) is 0 Å². The van der Waals surface area contributed by atoms with Gasteiger partial charge in [0, 0.05) is 25.7 Å². The van der Waals surface area contributed by atoms with Gasteiger partial charge in [0.2, 0.25) is 11.8 Å². The molecule has 0 aliphatic carbocycles. The van der Waals surface area contributed by atoms with Crippen LogP contribution in [0.25, 0.3) is 0 Å². The predicted molar refractivity (Wildman–Crippen MR) is 164 cm³/mol. The lowest BCUT2D eigenvalue weighted by atomic mass is 9.98. The van der Waals surface area contributed by atoms with Crippen LogP contribution in [-0.4, -0.2) is 127 Å². The first-order valence-electron chi connectivity index (χ1n) is 16.3. The molecule has 0 aromatic heterocycles. The van der Waals surface area contributed by atoms with E-state index in [4.69, 9.17) is 9.47 Å². The molecule has 262 valence electrons. The molecule has 46 heavy (non-hydrogen) atoms. The maximum Gasteiger partial charge on any atom is 0.222 e. The van der Waals surface area contributed by atoms with E-state index in [1.807, 2.05) is 0 Å². The van der Waals surface area contributed by atoms with E-state index in [1.54, 1.807) is 0 Å². The molecule has 2 amide bonds. The average molecular weight is 657 g/mol. The molecule has 14 heteroatoms. The van der Waals surface area contributed by atoms with Crippen LogP contribution < -0.4 is 10.6 Å².